The smallest absolute Gasteiger partial charge is 0.257 e. The topological polar surface area (TPSA) is 67.2 Å². The van der Waals surface area contributed by atoms with E-state index in [0.717, 1.165) is 23.8 Å². The number of amides is 2. The van der Waals surface area contributed by atoms with E-state index in [-0.39, 0.29) is 18.0 Å². The number of carbonyl (C=O) groups is 2. The second-order valence-electron chi connectivity index (χ2n) is 7.64. The van der Waals surface area contributed by atoms with Crippen LogP contribution in [0.4, 0.5) is 14.5 Å². The number of nitrogens with one attached hydrogen (secondary N) is 1. The maximum atomic E-state index is 14.4. The number of benzene rings is 2. The molecule has 5 rings (SSSR count). The Kier molecular flexibility index (Phi) is 3.99. The maximum absolute atomic E-state index is 14.4. The lowest BCUT2D eigenvalue weighted by atomic mass is 9.74. The number of rotatable bonds is 2. The molecule has 2 aliphatic rings. The number of hydrogen-bond acceptors (Lipinski definition) is 3. The fourth-order valence-corrected chi connectivity index (χ4v) is 4.72. The summed E-state index contributed by atoms with van der Waals surface area (Å²) < 4.78 is 29.9. The van der Waals surface area contributed by atoms with Gasteiger partial charge in [0.25, 0.3) is 5.91 Å². The summed E-state index contributed by atoms with van der Waals surface area (Å²) in [5, 5.41) is 2.91. The Morgan fingerprint density at radius 1 is 1.23 bits per heavy atom. The first-order chi connectivity index (χ1) is 14.4. The molecule has 6 nitrogen and oxygen atoms in total. The molecule has 1 fully saturated rings. The van der Waals surface area contributed by atoms with Crippen LogP contribution >= 0.6 is 0 Å². The Hall–Kier alpha value is -3.55. The normalized spacial score (nSPS) is 22.4. The van der Waals surface area contributed by atoms with Crippen molar-refractivity contribution in [2.45, 2.75) is 17.9 Å². The second kappa shape index (κ2) is 6.48. The molecule has 1 aromatic heterocycles. The molecule has 2 aromatic carbocycles. The molecule has 2 amide bonds. The summed E-state index contributed by atoms with van der Waals surface area (Å²) in [4.78, 5) is 32.5. The van der Waals surface area contributed by atoms with Gasteiger partial charge in [0.2, 0.25) is 5.91 Å². The van der Waals surface area contributed by atoms with Gasteiger partial charge in [-0.05, 0) is 36.2 Å². The van der Waals surface area contributed by atoms with Crippen molar-refractivity contribution in [3.8, 4) is 0 Å². The Balaban J connectivity index is 1.69. The molecular formula is C22H18F2N4O2. The van der Waals surface area contributed by atoms with Gasteiger partial charge in [-0.25, -0.2) is 13.8 Å². The number of imidazole rings is 1. The SMILES string of the molecule is Cn1ccnc1[C@@H]1N(C(=O)c2cc(F)ccc2F)CC[C@]12C(=O)Nc1ccccc12. The molecule has 0 radical (unpaired) electrons. The first kappa shape index (κ1) is 18.5. The van der Waals surface area contributed by atoms with E-state index in [0.29, 0.717) is 17.9 Å². The Morgan fingerprint density at radius 3 is 2.80 bits per heavy atom. The predicted molar refractivity (Wildman–Crippen MR) is 105 cm³/mol. The number of nitrogens with zero attached hydrogens (tertiary/aromatic N) is 3. The quantitative estimate of drug-likeness (QED) is 0.708. The number of carbonyl (C=O) groups excluding carboxylic acids is 2. The van der Waals surface area contributed by atoms with E-state index < -0.39 is 29.0 Å². The molecule has 3 aromatic rings. The van der Waals surface area contributed by atoms with Crippen molar-refractivity contribution in [1.29, 1.82) is 0 Å². The van der Waals surface area contributed by atoms with Crippen LogP contribution in [0.5, 0.6) is 0 Å². The molecule has 1 saturated heterocycles. The number of anilines is 1. The zero-order valence-electron chi connectivity index (χ0n) is 16.1. The first-order valence-corrected chi connectivity index (χ1v) is 9.57. The van der Waals surface area contributed by atoms with Gasteiger partial charge >= 0.3 is 0 Å². The largest absolute Gasteiger partial charge is 0.336 e. The summed E-state index contributed by atoms with van der Waals surface area (Å²) in [6.07, 6.45) is 3.66. The van der Waals surface area contributed by atoms with E-state index in [1.54, 1.807) is 24.0 Å². The highest BCUT2D eigenvalue weighted by molar-refractivity contribution is 6.08. The molecule has 0 saturated carbocycles. The van der Waals surface area contributed by atoms with Crippen LogP contribution in [0.25, 0.3) is 0 Å². The maximum Gasteiger partial charge on any atom is 0.257 e. The van der Waals surface area contributed by atoms with E-state index in [2.05, 4.69) is 10.3 Å². The van der Waals surface area contributed by atoms with Gasteiger partial charge in [0.15, 0.2) is 0 Å². The van der Waals surface area contributed by atoms with Crippen LogP contribution < -0.4 is 5.32 Å². The summed E-state index contributed by atoms with van der Waals surface area (Å²) in [5.41, 5.74) is 0.0405. The molecule has 2 atom stereocenters. The average molecular weight is 408 g/mol. The Morgan fingerprint density at radius 2 is 2.03 bits per heavy atom. The van der Waals surface area contributed by atoms with E-state index in [4.69, 9.17) is 0 Å². The lowest BCUT2D eigenvalue weighted by Gasteiger charge is -2.33. The summed E-state index contributed by atoms with van der Waals surface area (Å²) in [5.74, 6) is -1.91. The van der Waals surface area contributed by atoms with Gasteiger partial charge in [0.1, 0.15) is 28.9 Å². The number of likely N-dealkylation sites (tertiary alicyclic amines) is 1. The Bertz CT molecular complexity index is 1190. The van der Waals surface area contributed by atoms with Gasteiger partial charge in [-0.3, -0.25) is 9.59 Å². The minimum absolute atomic E-state index is 0.202. The summed E-state index contributed by atoms with van der Waals surface area (Å²) in [6, 6.07) is 9.36. The molecular weight excluding hydrogens is 390 g/mol. The molecule has 30 heavy (non-hydrogen) atoms. The molecule has 0 unspecified atom stereocenters. The van der Waals surface area contributed by atoms with E-state index in [1.165, 1.54) is 4.90 Å². The van der Waals surface area contributed by atoms with Crippen molar-refractivity contribution in [3.63, 3.8) is 0 Å². The van der Waals surface area contributed by atoms with Crippen molar-refractivity contribution in [2.75, 3.05) is 11.9 Å². The van der Waals surface area contributed by atoms with Crippen molar-refractivity contribution in [2.24, 2.45) is 7.05 Å². The third-order valence-electron chi connectivity index (χ3n) is 6.11. The standard InChI is InChI=1S/C22H18F2N4O2/c1-27-11-9-25-19(27)18-22(15-4-2-3-5-17(15)26-21(22)30)8-10-28(18)20(29)14-12-13(23)6-7-16(14)24/h2-7,9,11-12,18H,8,10H2,1H3,(H,26,30)/t18-,22+/m0/s1. The van der Waals surface area contributed by atoms with E-state index in [9.17, 15) is 18.4 Å². The molecule has 152 valence electrons. The van der Waals surface area contributed by atoms with E-state index >= 15 is 0 Å². The van der Waals surface area contributed by atoms with Crippen molar-refractivity contribution >= 4 is 17.5 Å². The predicted octanol–water partition coefficient (Wildman–Crippen LogP) is 3.18. The highest BCUT2D eigenvalue weighted by Gasteiger charge is 2.60. The monoisotopic (exact) mass is 408 g/mol. The van der Waals surface area contributed by atoms with E-state index in [1.807, 2.05) is 24.3 Å². The van der Waals surface area contributed by atoms with Gasteiger partial charge in [-0.2, -0.15) is 0 Å². The second-order valence-corrected chi connectivity index (χ2v) is 7.64. The zero-order valence-corrected chi connectivity index (χ0v) is 16.1. The average Bonchev–Trinajstić information content (AvgIpc) is 3.40. The molecule has 0 bridgehead atoms. The fourth-order valence-electron chi connectivity index (χ4n) is 4.72. The summed E-state index contributed by atoms with van der Waals surface area (Å²) in [6.45, 7) is 0.202. The summed E-state index contributed by atoms with van der Waals surface area (Å²) in [7, 11) is 1.78. The van der Waals surface area contributed by atoms with Crippen molar-refractivity contribution in [1.82, 2.24) is 14.5 Å². The number of para-hydroxylation sites is 1. The lowest BCUT2D eigenvalue weighted by molar-refractivity contribution is -0.121. The van der Waals surface area contributed by atoms with Crippen LogP contribution in [0, 0.1) is 11.6 Å². The highest BCUT2D eigenvalue weighted by atomic mass is 19.1. The summed E-state index contributed by atoms with van der Waals surface area (Å²) >= 11 is 0. The number of halogens is 2. The Labute approximate surface area is 171 Å². The van der Waals surface area contributed by atoms with Crippen LogP contribution in [0.1, 0.15) is 34.2 Å². The van der Waals surface area contributed by atoms with Crippen LogP contribution in [0.2, 0.25) is 0 Å². The molecule has 0 aliphatic carbocycles. The fraction of sp³-hybridized carbons (Fsp3) is 0.227. The first-order valence-electron chi connectivity index (χ1n) is 9.57. The molecule has 3 heterocycles. The van der Waals surface area contributed by atoms with Crippen LogP contribution in [-0.2, 0) is 17.3 Å². The van der Waals surface area contributed by atoms with Crippen molar-refractivity contribution < 1.29 is 18.4 Å². The van der Waals surface area contributed by atoms with Gasteiger partial charge in [-0.15, -0.1) is 0 Å². The number of fused-ring (bicyclic) bond motifs is 2. The van der Waals surface area contributed by atoms with Crippen molar-refractivity contribution in [3.05, 3.63) is 83.4 Å². The zero-order chi connectivity index (χ0) is 21.0. The highest BCUT2D eigenvalue weighted by Crippen LogP contribution is 2.54. The van der Waals surface area contributed by atoms with Crippen LogP contribution in [-0.4, -0.2) is 32.8 Å². The number of aromatic nitrogens is 2. The van der Waals surface area contributed by atoms with Gasteiger partial charge in [-0.1, -0.05) is 18.2 Å². The molecule has 2 aliphatic heterocycles. The van der Waals surface area contributed by atoms with Crippen LogP contribution in [0.15, 0.2) is 54.9 Å². The third kappa shape index (κ3) is 2.43. The third-order valence-corrected chi connectivity index (χ3v) is 6.11. The van der Waals surface area contributed by atoms with Crippen LogP contribution in [0.3, 0.4) is 0 Å². The number of aryl methyl sites for hydroxylation is 1. The molecule has 8 heteroatoms. The molecule has 1 spiro atoms. The van der Waals surface area contributed by atoms with Gasteiger partial charge in [0, 0.05) is 31.7 Å². The number of hydrogen-bond donors (Lipinski definition) is 1. The minimum atomic E-state index is -1.06. The molecule has 1 N–H and O–H groups in total. The van der Waals surface area contributed by atoms with Gasteiger partial charge < -0.3 is 14.8 Å². The lowest BCUT2D eigenvalue weighted by Crippen LogP contribution is -2.44. The van der Waals surface area contributed by atoms with Gasteiger partial charge in [0.05, 0.1) is 5.56 Å². The minimum Gasteiger partial charge on any atom is -0.336 e.